The van der Waals surface area contributed by atoms with Crippen molar-refractivity contribution in [1.82, 2.24) is 0 Å². The van der Waals surface area contributed by atoms with Crippen LogP contribution in [-0.2, 0) is 0 Å². The number of rotatable bonds is 3. The molecule has 1 N–H and O–H groups in total. The highest BCUT2D eigenvalue weighted by Crippen LogP contribution is 2.42. The Morgan fingerprint density at radius 2 is 1.33 bits per heavy atom. The zero-order valence-electron chi connectivity index (χ0n) is 17.7. The highest BCUT2D eigenvalue weighted by Gasteiger charge is 2.14. The van der Waals surface area contributed by atoms with E-state index in [-0.39, 0.29) is 0 Å². The molecule has 0 atom stereocenters. The molecule has 0 unspecified atom stereocenters. The second kappa shape index (κ2) is 7.22. The lowest BCUT2D eigenvalue weighted by molar-refractivity contribution is 0.670. The maximum absolute atomic E-state index is 6.25. The normalized spacial score (nSPS) is 11.6. The number of anilines is 2. The molecule has 0 amide bonds. The number of thiophene rings is 1. The molecule has 0 bridgehead atoms. The smallest absolute Gasteiger partial charge is 0.158 e. The number of para-hydroxylation sites is 2. The average Bonchev–Trinajstić information content (AvgIpc) is 3.44. The van der Waals surface area contributed by atoms with Gasteiger partial charge in [0.25, 0.3) is 0 Å². The number of fused-ring (bicyclic) bond motifs is 6. The van der Waals surface area contributed by atoms with Gasteiger partial charge in [0.2, 0.25) is 0 Å². The lowest BCUT2D eigenvalue weighted by atomic mass is 10.0. The fraction of sp³-hybridized carbons (Fsp3) is 0. The molecular formula is C30H19NOS. The standard InChI is InChI=1S/C30H19NOS/c1-2-8-19(9-3-1)20-16-17-27-23(18-20)29-24(12-7-15-28(29)33-27)31-25-13-6-11-22-21-10-4-5-14-26(21)32-30(22)25/h1-18,31H. The summed E-state index contributed by atoms with van der Waals surface area (Å²) in [5, 5.41) is 8.50. The summed E-state index contributed by atoms with van der Waals surface area (Å²) in [6.07, 6.45) is 0. The van der Waals surface area contributed by atoms with E-state index in [1.807, 2.05) is 23.5 Å². The zero-order valence-corrected chi connectivity index (χ0v) is 18.5. The molecule has 0 aliphatic carbocycles. The monoisotopic (exact) mass is 441 g/mol. The second-order valence-corrected chi connectivity index (χ2v) is 9.35. The minimum absolute atomic E-state index is 0.889. The first-order chi connectivity index (χ1) is 16.3. The molecule has 7 rings (SSSR count). The van der Waals surface area contributed by atoms with Gasteiger partial charge >= 0.3 is 0 Å². The Balaban J connectivity index is 1.42. The quantitative estimate of drug-likeness (QED) is 0.295. The van der Waals surface area contributed by atoms with Gasteiger partial charge in [0.15, 0.2) is 5.58 Å². The maximum Gasteiger partial charge on any atom is 0.158 e. The number of hydrogen-bond donors (Lipinski definition) is 1. The van der Waals surface area contributed by atoms with Crippen molar-refractivity contribution < 1.29 is 4.42 Å². The number of benzene rings is 5. The van der Waals surface area contributed by atoms with Crippen LogP contribution >= 0.6 is 11.3 Å². The lowest BCUT2D eigenvalue weighted by Gasteiger charge is -2.09. The van der Waals surface area contributed by atoms with Gasteiger partial charge in [0.05, 0.1) is 5.69 Å². The van der Waals surface area contributed by atoms with E-state index >= 15 is 0 Å². The lowest BCUT2D eigenvalue weighted by Crippen LogP contribution is -1.91. The van der Waals surface area contributed by atoms with Crippen molar-refractivity contribution >= 4 is 64.8 Å². The minimum Gasteiger partial charge on any atom is -0.454 e. The van der Waals surface area contributed by atoms with E-state index < -0.39 is 0 Å². The van der Waals surface area contributed by atoms with Gasteiger partial charge in [-0.15, -0.1) is 11.3 Å². The van der Waals surface area contributed by atoms with E-state index in [1.54, 1.807) is 0 Å². The summed E-state index contributed by atoms with van der Waals surface area (Å²) in [5.74, 6) is 0. The van der Waals surface area contributed by atoms with Crippen LogP contribution in [0.2, 0.25) is 0 Å². The fourth-order valence-corrected chi connectivity index (χ4v) is 5.84. The van der Waals surface area contributed by atoms with E-state index in [0.29, 0.717) is 0 Å². The van der Waals surface area contributed by atoms with Gasteiger partial charge in [0, 0.05) is 36.6 Å². The Kier molecular flexibility index (Phi) is 4.05. The highest BCUT2D eigenvalue weighted by atomic mass is 32.1. The van der Waals surface area contributed by atoms with Gasteiger partial charge in [0.1, 0.15) is 5.58 Å². The van der Waals surface area contributed by atoms with Crippen molar-refractivity contribution in [2.24, 2.45) is 0 Å². The van der Waals surface area contributed by atoms with Crippen LogP contribution in [0.3, 0.4) is 0 Å². The number of furan rings is 1. The number of hydrogen-bond acceptors (Lipinski definition) is 3. The first-order valence-electron chi connectivity index (χ1n) is 11.0. The average molecular weight is 442 g/mol. The summed E-state index contributed by atoms with van der Waals surface area (Å²) >= 11 is 1.83. The largest absolute Gasteiger partial charge is 0.454 e. The third-order valence-corrected chi connectivity index (χ3v) is 7.41. The minimum atomic E-state index is 0.889. The molecule has 156 valence electrons. The van der Waals surface area contributed by atoms with Crippen molar-refractivity contribution in [3.05, 3.63) is 109 Å². The van der Waals surface area contributed by atoms with E-state index in [4.69, 9.17) is 4.42 Å². The van der Waals surface area contributed by atoms with Gasteiger partial charge in [-0.25, -0.2) is 0 Å². The molecule has 0 fully saturated rings. The van der Waals surface area contributed by atoms with Gasteiger partial charge in [-0.3, -0.25) is 0 Å². The summed E-state index contributed by atoms with van der Waals surface area (Å²) in [5.41, 5.74) is 6.34. The molecule has 5 aromatic carbocycles. The van der Waals surface area contributed by atoms with Crippen LogP contribution in [0.15, 0.2) is 114 Å². The summed E-state index contributed by atoms with van der Waals surface area (Å²) < 4.78 is 8.82. The SMILES string of the molecule is c1ccc(-c2ccc3sc4cccc(Nc5cccc6c5oc5ccccc56)c4c3c2)cc1. The predicted molar refractivity (Wildman–Crippen MR) is 142 cm³/mol. The van der Waals surface area contributed by atoms with Crippen LogP contribution in [0.5, 0.6) is 0 Å². The molecule has 2 nitrogen and oxygen atoms in total. The Morgan fingerprint density at radius 1 is 0.545 bits per heavy atom. The molecular weight excluding hydrogens is 422 g/mol. The molecule has 2 aromatic heterocycles. The van der Waals surface area contributed by atoms with Crippen LogP contribution in [0.1, 0.15) is 0 Å². The molecule has 0 spiro atoms. The van der Waals surface area contributed by atoms with Gasteiger partial charge in [-0.05, 0) is 47.5 Å². The first-order valence-corrected chi connectivity index (χ1v) is 11.8. The molecule has 0 radical (unpaired) electrons. The van der Waals surface area contributed by atoms with Crippen molar-refractivity contribution in [2.75, 3.05) is 5.32 Å². The fourth-order valence-electron chi connectivity index (χ4n) is 4.73. The van der Waals surface area contributed by atoms with Gasteiger partial charge < -0.3 is 9.73 Å². The summed E-state index contributed by atoms with van der Waals surface area (Å²) in [7, 11) is 0. The van der Waals surface area contributed by atoms with Crippen molar-refractivity contribution in [3.8, 4) is 11.1 Å². The van der Waals surface area contributed by atoms with Gasteiger partial charge in [-0.1, -0.05) is 72.8 Å². The molecule has 7 aromatic rings. The molecule has 0 saturated carbocycles. The van der Waals surface area contributed by atoms with E-state index in [9.17, 15) is 0 Å². The van der Waals surface area contributed by atoms with E-state index in [0.717, 1.165) is 33.3 Å². The maximum atomic E-state index is 6.25. The molecule has 2 heterocycles. The zero-order chi connectivity index (χ0) is 21.8. The molecule has 0 aliphatic rings. The molecule has 3 heteroatoms. The Bertz CT molecular complexity index is 1790. The van der Waals surface area contributed by atoms with Crippen LogP contribution in [0.4, 0.5) is 11.4 Å². The predicted octanol–water partition coefficient (Wildman–Crippen LogP) is 9.36. The highest BCUT2D eigenvalue weighted by molar-refractivity contribution is 7.26. The topological polar surface area (TPSA) is 25.2 Å². The molecule has 0 saturated heterocycles. The van der Waals surface area contributed by atoms with Crippen molar-refractivity contribution in [3.63, 3.8) is 0 Å². The van der Waals surface area contributed by atoms with Crippen LogP contribution < -0.4 is 5.32 Å². The third kappa shape index (κ3) is 2.94. The summed E-state index contributed by atoms with van der Waals surface area (Å²) in [6, 6.07) is 38.3. The van der Waals surface area contributed by atoms with Gasteiger partial charge in [-0.2, -0.15) is 0 Å². The van der Waals surface area contributed by atoms with Crippen molar-refractivity contribution in [1.29, 1.82) is 0 Å². The van der Waals surface area contributed by atoms with E-state index in [2.05, 4.69) is 102 Å². The van der Waals surface area contributed by atoms with Crippen LogP contribution in [-0.4, -0.2) is 0 Å². The Morgan fingerprint density at radius 3 is 2.27 bits per heavy atom. The number of nitrogens with one attached hydrogen (secondary N) is 1. The van der Waals surface area contributed by atoms with Crippen molar-refractivity contribution in [2.45, 2.75) is 0 Å². The molecule has 33 heavy (non-hydrogen) atoms. The molecule has 0 aliphatic heterocycles. The van der Waals surface area contributed by atoms with Crippen LogP contribution in [0, 0.1) is 0 Å². The Labute approximate surface area is 194 Å². The summed E-state index contributed by atoms with van der Waals surface area (Å²) in [4.78, 5) is 0. The Hall–Kier alpha value is -4.08. The second-order valence-electron chi connectivity index (χ2n) is 8.26. The summed E-state index contributed by atoms with van der Waals surface area (Å²) in [6.45, 7) is 0. The van der Waals surface area contributed by atoms with E-state index in [1.165, 1.54) is 31.3 Å². The van der Waals surface area contributed by atoms with Crippen LogP contribution in [0.25, 0.3) is 53.2 Å². The third-order valence-electron chi connectivity index (χ3n) is 6.28. The first kappa shape index (κ1) is 18.5.